The van der Waals surface area contributed by atoms with Gasteiger partial charge in [0.2, 0.25) is 5.91 Å². The molecular weight excluding hydrogens is 310 g/mol. The van der Waals surface area contributed by atoms with Gasteiger partial charge in [-0.25, -0.2) is 4.98 Å². The Morgan fingerprint density at radius 1 is 1.35 bits per heavy atom. The third kappa shape index (κ3) is 5.22. The van der Waals surface area contributed by atoms with Gasteiger partial charge in [-0.15, -0.1) is 0 Å². The highest BCUT2D eigenvalue weighted by Crippen LogP contribution is 2.14. The van der Waals surface area contributed by atoms with Crippen molar-refractivity contribution in [3.8, 4) is 0 Å². The van der Waals surface area contributed by atoms with Crippen LogP contribution < -0.4 is 5.32 Å². The van der Waals surface area contributed by atoms with E-state index in [9.17, 15) is 4.79 Å². The van der Waals surface area contributed by atoms with Crippen molar-refractivity contribution >= 4 is 17.7 Å². The first kappa shape index (κ1) is 18.3. The maximum Gasteiger partial charge on any atom is 0.220 e. The Balaban J connectivity index is 1.69. The lowest BCUT2D eigenvalue weighted by molar-refractivity contribution is -0.121. The molecule has 1 atom stereocenters. The normalized spacial score (nSPS) is 18.1. The first-order chi connectivity index (χ1) is 11.0. The molecule has 7 heteroatoms. The summed E-state index contributed by atoms with van der Waals surface area (Å²) in [4.78, 5) is 21.2. The molecular formula is C16H29N5OS. The van der Waals surface area contributed by atoms with Gasteiger partial charge in [-0.05, 0) is 26.6 Å². The number of amides is 1. The van der Waals surface area contributed by atoms with Crippen LogP contribution in [0.1, 0.15) is 25.5 Å². The Kier molecular flexibility index (Phi) is 6.92. The molecule has 1 N–H and O–H groups in total. The van der Waals surface area contributed by atoms with E-state index in [4.69, 9.17) is 0 Å². The predicted molar refractivity (Wildman–Crippen MR) is 94.6 cm³/mol. The van der Waals surface area contributed by atoms with E-state index in [1.165, 1.54) is 0 Å². The van der Waals surface area contributed by atoms with Gasteiger partial charge in [-0.1, -0.05) is 11.8 Å². The lowest BCUT2D eigenvalue weighted by atomic mass is 10.1. The molecule has 2 heterocycles. The molecule has 130 valence electrons. The Labute approximate surface area is 143 Å². The predicted octanol–water partition coefficient (Wildman–Crippen LogP) is 1.17. The zero-order valence-electron chi connectivity index (χ0n) is 14.7. The molecule has 0 aromatic carbocycles. The first-order valence-electron chi connectivity index (χ1n) is 8.25. The molecule has 1 aliphatic rings. The van der Waals surface area contributed by atoms with Gasteiger partial charge in [0.1, 0.15) is 0 Å². The van der Waals surface area contributed by atoms with Gasteiger partial charge in [0, 0.05) is 45.7 Å². The van der Waals surface area contributed by atoms with E-state index in [2.05, 4.69) is 34.1 Å². The minimum Gasteiger partial charge on any atom is -0.350 e. The van der Waals surface area contributed by atoms with Gasteiger partial charge in [-0.2, -0.15) is 0 Å². The fraction of sp³-hybridized carbons (Fsp3) is 0.750. The molecule has 0 unspecified atom stereocenters. The van der Waals surface area contributed by atoms with Crippen molar-refractivity contribution in [2.75, 3.05) is 39.5 Å². The van der Waals surface area contributed by atoms with Crippen molar-refractivity contribution in [2.45, 2.75) is 37.5 Å². The van der Waals surface area contributed by atoms with Crippen LogP contribution >= 0.6 is 11.8 Å². The molecule has 1 fully saturated rings. The van der Waals surface area contributed by atoms with Gasteiger partial charge in [-0.3, -0.25) is 9.69 Å². The van der Waals surface area contributed by atoms with E-state index in [-0.39, 0.29) is 5.91 Å². The summed E-state index contributed by atoms with van der Waals surface area (Å²) in [5.41, 5.74) is 1.04. The van der Waals surface area contributed by atoms with Crippen molar-refractivity contribution in [2.24, 2.45) is 7.05 Å². The van der Waals surface area contributed by atoms with Crippen LogP contribution in [0.15, 0.2) is 11.4 Å². The summed E-state index contributed by atoms with van der Waals surface area (Å²) in [5, 5.41) is 3.98. The minimum absolute atomic E-state index is 0.123. The maximum absolute atomic E-state index is 12.1. The number of hydrogen-bond acceptors (Lipinski definition) is 5. The highest BCUT2D eigenvalue weighted by atomic mass is 32.2. The number of piperazine rings is 1. The lowest BCUT2D eigenvalue weighted by Crippen LogP contribution is -2.48. The van der Waals surface area contributed by atoms with Crippen LogP contribution in [-0.2, 0) is 18.4 Å². The number of hydrogen-bond donors (Lipinski definition) is 1. The number of nitrogens with zero attached hydrogens (tertiary/aromatic N) is 4. The Bertz CT molecular complexity index is 511. The SMILES string of the molecule is CSc1ncc(CNC(=O)CC[C@H](C)N2CCN(C)CC2)n1C. The summed E-state index contributed by atoms with van der Waals surface area (Å²) < 4.78 is 2.03. The van der Waals surface area contributed by atoms with Crippen LogP contribution in [0.25, 0.3) is 0 Å². The van der Waals surface area contributed by atoms with E-state index in [0.717, 1.165) is 43.5 Å². The quantitative estimate of drug-likeness (QED) is 0.756. The number of carbonyl (C=O) groups is 1. The van der Waals surface area contributed by atoms with E-state index in [1.807, 2.05) is 24.1 Å². The van der Waals surface area contributed by atoms with Crippen LogP contribution in [0.3, 0.4) is 0 Å². The Morgan fingerprint density at radius 3 is 2.65 bits per heavy atom. The molecule has 0 aliphatic carbocycles. The summed E-state index contributed by atoms with van der Waals surface area (Å²) >= 11 is 1.61. The molecule has 0 spiro atoms. The number of thioether (sulfide) groups is 1. The number of likely N-dealkylation sites (N-methyl/N-ethyl adjacent to an activating group) is 1. The summed E-state index contributed by atoms with van der Waals surface area (Å²) in [6.45, 7) is 7.22. The van der Waals surface area contributed by atoms with Crippen LogP contribution in [-0.4, -0.2) is 70.8 Å². The molecule has 0 bridgehead atoms. The molecule has 23 heavy (non-hydrogen) atoms. The first-order valence-corrected chi connectivity index (χ1v) is 9.47. The smallest absolute Gasteiger partial charge is 0.220 e. The second-order valence-electron chi connectivity index (χ2n) is 6.30. The molecule has 2 rings (SSSR count). The zero-order valence-corrected chi connectivity index (χ0v) is 15.5. The molecule has 1 amide bonds. The zero-order chi connectivity index (χ0) is 16.8. The molecule has 0 saturated carbocycles. The van der Waals surface area contributed by atoms with Crippen molar-refractivity contribution < 1.29 is 4.79 Å². The number of rotatable bonds is 7. The van der Waals surface area contributed by atoms with Crippen molar-refractivity contribution in [3.63, 3.8) is 0 Å². The third-order valence-electron chi connectivity index (χ3n) is 4.64. The number of imidazole rings is 1. The standard InChI is InChI=1S/C16H29N5OS/c1-13(21-9-7-19(2)8-10-21)5-6-15(22)17-11-14-12-18-16(23-4)20(14)3/h12-13H,5-11H2,1-4H3,(H,17,22)/t13-/m0/s1. The van der Waals surface area contributed by atoms with Gasteiger partial charge < -0.3 is 14.8 Å². The lowest BCUT2D eigenvalue weighted by Gasteiger charge is -2.36. The Hall–Kier alpha value is -1.05. The van der Waals surface area contributed by atoms with E-state index in [1.54, 1.807) is 11.8 Å². The highest BCUT2D eigenvalue weighted by molar-refractivity contribution is 7.98. The van der Waals surface area contributed by atoms with Crippen LogP contribution in [0.4, 0.5) is 0 Å². The molecule has 0 radical (unpaired) electrons. The number of aromatic nitrogens is 2. The molecule has 1 aromatic heterocycles. The van der Waals surface area contributed by atoms with Gasteiger partial charge in [0.25, 0.3) is 0 Å². The average molecular weight is 340 g/mol. The fourth-order valence-corrected chi connectivity index (χ4v) is 3.39. The minimum atomic E-state index is 0.123. The molecule has 6 nitrogen and oxygen atoms in total. The summed E-state index contributed by atoms with van der Waals surface area (Å²) in [6, 6.07) is 0.467. The highest BCUT2D eigenvalue weighted by Gasteiger charge is 2.19. The second kappa shape index (κ2) is 8.70. The largest absolute Gasteiger partial charge is 0.350 e. The van der Waals surface area contributed by atoms with Crippen molar-refractivity contribution in [1.82, 2.24) is 24.7 Å². The van der Waals surface area contributed by atoms with Gasteiger partial charge in [0.05, 0.1) is 18.4 Å². The van der Waals surface area contributed by atoms with Crippen molar-refractivity contribution in [3.05, 3.63) is 11.9 Å². The molecule has 1 aromatic rings. The van der Waals surface area contributed by atoms with E-state index < -0.39 is 0 Å². The Morgan fingerprint density at radius 2 is 2.04 bits per heavy atom. The monoisotopic (exact) mass is 339 g/mol. The maximum atomic E-state index is 12.1. The summed E-state index contributed by atoms with van der Waals surface area (Å²) in [6.07, 6.45) is 5.33. The van der Waals surface area contributed by atoms with Crippen LogP contribution in [0.2, 0.25) is 0 Å². The summed E-state index contributed by atoms with van der Waals surface area (Å²) in [7, 11) is 4.14. The number of nitrogens with one attached hydrogen (secondary N) is 1. The van der Waals surface area contributed by atoms with Gasteiger partial charge in [0.15, 0.2) is 5.16 Å². The molecule has 1 saturated heterocycles. The van der Waals surface area contributed by atoms with E-state index >= 15 is 0 Å². The van der Waals surface area contributed by atoms with Gasteiger partial charge >= 0.3 is 0 Å². The second-order valence-corrected chi connectivity index (χ2v) is 7.07. The molecule has 1 aliphatic heterocycles. The fourth-order valence-electron chi connectivity index (χ4n) is 2.84. The average Bonchev–Trinajstić information content (AvgIpc) is 2.91. The summed E-state index contributed by atoms with van der Waals surface area (Å²) in [5.74, 6) is 0.123. The van der Waals surface area contributed by atoms with Crippen molar-refractivity contribution in [1.29, 1.82) is 0 Å². The van der Waals surface area contributed by atoms with Crippen LogP contribution in [0.5, 0.6) is 0 Å². The topological polar surface area (TPSA) is 53.4 Å². The van der Waals surface area contributed by atoms with Crippen LogP contribution in [0, 0.1) is 0 Å². The number of carbonyl (C=O) groups excluding carboxylic acids is 1. The third-order valence-corrected chi connectivity index (χ3v) is 5.39. The van der Waals surface area contributed by atoms with E-state index in [0.29, 0.717) is 19.0 Å².